The predicted octanol–water partition coefficient (Wildman–Crippen LogP) is 1.02. The van der Waals surface area contributed by atoms with E-state index >= 15 is 0 Å². The topological polar surface area (TPSA) is 75.1 Å². The van der Waals surface area contributed by atoms with Gasteiger partial charge in [-0.3, -0.25) is 10.2 Å². The fraction of sp³-hybridized carbons (Fsp3) is 0.273. The Labute approximate surface area is 93.8 Å². The summed E-state index contributed by atoms with van der Waals surface area (Å²) in [5, 5.41) is 7.41. The van der Waals surface area contributed by atoms with Crippen LogP contribution in [0.4, 0.5) is 0 Å². The van der Waals surface area contributed by atoms with Crippen molar-refractivity contribution >= 4 is 21.3 Å². The Morgan fingerprint density at radius 1 is 1.31 bits per heavy atom. The Hall–Kier alpha value is -1.49. The summed E-state index contributed by atoms with van der Waals surface area (Å²) in [5.74, 6) is -0.796. The summed E-state index contributed by atoms with van der Waals surface area (Å²) < 4.78 is 23.0. The molecule has 0 bridgehead atoms. The van der Waals surface area contributed by atoms with E-state index in [-0.39, 0.29) is 16.4 Å². The maximum absolute atomic E-state index is 11.7. The minimum atomic E-state index is -3.32. The number of fused-ring (bicyclic) bond motifs is 1. The zero-order chi connectivity index (χ0) is 11.9. The summed E-state index contributed by atoms with van der Waals surface area (Å²) in [7, 11) is -3.32. The van der Waals surface area contributed by atoms with E-state index in [4.69, 9.17) is 5.41 Å². The number of allylic oxidation sites excluding steroid dienone is 5. The van der Waals surface area contributed by atoms with Crippen molar-refractivity contribution in [2.45, 2.75) is 6.42 Å². The summed E-state index contributed by atoms with van der Waals surface area (Å²) >= 11 is 0. The van der Waals surface area contributed by atoms with Crippen LogP contribution in [0.3, 0.4) is 0 Å². The Balaban J connectivity index is 2.65. The molecule has 84 valence electrons. The molecule has 0 fully saturated rings. The first-order valence-electron chi connectivity index (χ1n) is 4.83. The van der Waals surface area contributed by atoms with Crippen LogP contribution in [0.5, 0.6) is 0 Å². The first kappa shape index (κ1) is 11.0. The van der Waals surface area contributed by atoms with E-state index in [9.17, 15) is 13.2 Å². The van der Waals surface area contributed by atoms with Crippen molar-refractivity contribution in [2.24, 2.45) is 5.92 Å². The predicted molar refractivity (Wildman–Crippen MR) is 61.0 cm³/mol. The van der Waals surface area contributed by atoms with Gasteiger partial charge in [0.25, 0.3) is 0 Å². The lowest BCUT2D eigenvalue weighted by molar-refractivity contribution is -0.115. The third-order valence-corrected chi connectivity index (χ3v) is 3.88. The van der Waals surface area contributed by atoms with Gasteiger partial charge in [0.05, 0.1) is 16.5 Å². The molecule has 4 nitrogen and oxygen atoms in total. The molecule has 2 aliphatic rings. The van der Waals surface area contributed by atoms with Crippen LogP contribution in [-0.4, -0.2) is 26.2 Å². The van der Waals surface area contributed by atoms with E-state index in [0.29, 0.717) is 12.0 Å². The first-order valence-corrected chi connectivity index (χ1v) is 6.72. The molecular weight excluding hydrogens is 226 g/mol. The summed E-state index contributed by atoms with van der Waals surface area (Å²) in [6.45, 7) is 0. The minimum absolute atomic E-state index is 0.0584. The van der Waals surface area contributed by atoms with Crippen molar-refractivity contribution in [2.75, 3.05) is 6.26 Å². The molecule has 0 aromatic heterocycles. The van der Waals surface area contributed by atoms with Crippen LogP contribution >= 0.6 is 0 Å². The van der Waals surface area contributed by atoms with Crippen molar-refractivity contribution in [3.63, 3.8) is 0 Å². The van der Waals surface area contributed by atoms with E-state index in [0.717, 1.165) is 6.26 Å². The van der Waals surface area contributed by atoms with Crippen molar-refractivity contribution in [3.05, 3.63) is 34.8 Å². The smallest absolute Gasteiger partial charge is 0.188 e. The molecule has 0 saturated heterocycles. The molecule has 0 aromatic carbocycles. The standard InChI is InChI=1S/C11H11NO3S/c1-16(14,15)10-4-2-3-8-7(10)5-6-9(12)11(8)13/h2,4-6,8,12H,3H2,1H3. The number of hydrogen-bond acceptors (Lipinski definition) is 4. The second-order valence-electron chi connectivity index (χ2n) is 3.89. The number of carbonyl (C=O) groups is 1. The number of hydrogen-bond donors (Lipinski definition) is 1. The van der Waals surface area contributed by atoms with Crippen LogP contribution in [0.2, 0.25) is 0 Å². The van der Waals surface area contributed by atoms with Crippen LogP contribution < -0.4 is 0 Å². The van der Waals surface area contributed by atoms with Gasteiger partial charge in [0.2, 0.25) is 0 Å². The summed E-state index contributed by atoms with van der Waals surface area (Å²) in [5.41, 5.74) is 0.461. The lowest BCUT2D eigenvalue weighted by Crippen LogP contribution is -2.29. The molecule has 0 amide bonds. The monoisotopic (exact) mass is 237 g/mol. The molecule has 0 aliphatic heterocycles. The van der Waals surface area contributed by atoms with Crippen LogP contribution in [0.15, 0.2) is 34.8 Å². The molecular formula is C11H11NO3S. The molecule has 2 rings (SSSR count). The highest BCUT2D eigenvalue weighted by atomic mass is 32.2. The molecule has 0 spiro atoms. The fourth-order valence-electron chi connectivity index (χ4n) is 1.93. The molecule has 1 N–H and O–H groups in total. The SMILES string of the molecule is CS(=O)(=O)C1=C2C=CC(=N)C(=O)C2CC=C1. The Kier molecular flexibility index (Phi) is 2.42. The van der Waals surface area contributed by atoms with E-state index in [1.165, 1.54) is 12.2 Å². The van der Waals surface area contributed by atoms with Gasteiger partial charge in [-0.05, 0) is 24.1 Å². The van der Waals surface area contributed by atoms with E-state index in [2.05, 4.69) is 0 Å². The molecule has 0 saturated carbocycles. The highest BCUT2D eigenvalue weighted by molar-refractivity contribution is 7.94. The molecule has 5 heteroatoms. The fourth-order valence-corrected chi connectivity index (χ4v) is 2.92. The molecule has 1 unspecified atom stereocenters. The third kappa shape index (κ3) is 1.67. The van der Waals surface area contributed by atoms with Crippen LogP contribution in [0.1, 0.15) is 6.42 Å². The van der Waals surface area contributed by atoms with Crippen LogP contribution in [0, 0.1) is 11.3 Å². The maximum atomic E-state index is 11.7. The number of nitrogens with one attached hydrogen (secondary N) is 1. The quantitative estimate of drug-likeness (QED) is 0.739. The van der Waals surface area contributed by atoms with Gasteiger partial charge in [0.15, 0.2) is 15.6 Å². The average molecular weight is 237 g/mol. The van der Waals surface area contributed by atoms with Crippen molar-refractivity contribution in [3.8, 4) is 0 Å². The van der Waals surface area contributed by atoms with Crippen LogP contribution in [0.25, 0.3) is 0 Å². The second kappa shape index (κ2) is 3.52. The second-order valence-corrected chi connectivity index (χ2v) is 5.88. The van der Waals surface area contributed by atoms with E-state index < -0.39 is 15.8 Å². The largest absolute Gasteiger partial charge is 0.297 e. The third-order valence-electron chi connectivity index (χ3n) is 2.71. The molecule has 16 heavy (non-hydrogen) atoms. The van der Waals surface area contributed by atoms with E-state index in [1.54, 1.807) is 12.2 Å². The van der Waals surface area contributed by atoms with Gasteiger partial charge < -0.3 is 0 Å². The molecule has 0 heterocycles. The zero-order valence-corrected chi connectivity index (χ0v) is 9.54. The molecule has 2 aliphatic carbocycles. The lowest BCUT2D eigenvalue weighted by atomic mass is 9.82. The zero-order valence-electron chi connectivity index (χ0n) is 8.73. The molecule has 1 atom stereocenters. The lowest BCUT2D eigenvalue weighted by Gasteiger charge is -2.24. The van der Waals surface area contributed by atoms with Gasteiger partial charge in [-0.2, -0.15) is 0 Å². The maximum Gasteiger partial charge on any atom is 0.188 e. The van der Waals surface area contributed by atoms with Crippen molar-refractivity contribution < 1.29 is 13.2 Å². The Morgan fingerprint density at radius 2 is 2.00 bits per heavy atom. The number of carbonyl (C=O) groups excluding carboxylic acids is 1. The van der Waals surface area contributed by atoms with Gasteiger partial charge in [-0.15, -0.1) is 0 Å². The summed E-state index contributed by atoms with van der Waals surface area (Å²) in [4.78, 5) is 11.9. The van der Waals surface area contributed by atoms with Gasteiger partial charge in [0, 0.05) is 6.26 Å². The van der Waals surface area contributed by atoms with E-state index in [1.807, 2.05) is 0 Å². The summed E-state index contributed by atoms with van der Waals surface area (Å²) in [6.07, 6.45) is 7.73. The van der Waals surface area contributed by atoms with Crippen LogP contribution in [-0.2, 0) is 14.6 Å². The normalized spacial score (nSPS) is 24.9. The number of ketones is 1. The van der Waals surface area contributed by atoms with Gasteiger partial charge in [-0.25, -0.2) is 8.42 Å². The van der Waals surface area contributed by atoms with Gasteiger partial charge in [-0.1, -0.05) is 12.2 Å². The Morgan fingerprint density at radius 3 is 2.62 bits per heavy atom. The Bertz CT molecular complexity index is 564. The minimum Gasteiger partial charge on any atom is -0.297 e. The van der Waals surface area contributed by atoms with Gasteiger partial charge in [0.1, 0.15) is 0 Å². The summed E-state index contributed by atoms with van der Waals surface area (Å²) in [6, 6.07) is 0. The number of Topliss-reactive ketones (excluding diaryl/α,β-unsaturated/α-hetero) is 1. The highest BCUT2D eigenvalue weighted by Gasteiger charge is 2.32. The van der Waals surface area contributed by atoms with Crippen molar-refractivity contribution in [1.29, 1.82) is 5.41 Å². The average Bonchev–Trinajstić information content (AvgIpc) is 2.21. The molecule has 0 aromatic rings. The first-order chi connectivity index (χ1) is 7.41. The number of sulfone groups is 1. The van der Waals surface area contributed by atoms with Gasteiger partial charge >= 0.3 is 0 Å². The highest BCUT2D eigenvalue weighted by Crippen LogP contribution is 2.32. The molecule has 0 radical (unpaired) electrons. The van der Waals surface area contributed by atoms with Crippen molar-refractivity contribution in [1.82, 2.24) is 0 Å². The number of rotatable bonds is 1.